The van der Waals surface area contributed by atoms with Crippen molar-refractivity contribution < 1.29 is 4.79 Å². The molecule has 2 heterocycles. The molecule has 0 atom stereocenters. The van der Waals surface area contributed by atoms with Gasteiger partial charge in [0.1, 0.15) is 18.5 Å². The van der Waals surface area contributed by atoms with Crippen LogP contribution < -0.4 is 5.32 Å². The second-order valence-electron chi connectivity index (χ2n) is 5.26. The highest BCUT2D eigenvalue weighted by Gasteiger charge is 2.10. The molecule has 0 saturated heterocycles. The number of carbonyl (C=O) groups excluding carboxylic acids is 1. The maximum absolute atomic E-state index is 12.6. The molecule has 116 valence electrons. The van der Waals surface area contributed by atoms with Crippen molar-refractivity contribution in [2.24, 2.45) is 0 Å². The number of anilines is 1. The fourth-order valence-corrected chi connectivity index (χ4v) is 2.55. The highest BCUT2D eigenvalue weighted by atomic mass is 16.1. The Bertz CT molecular complexity index is 988. The maximum atomic E-state index is 12.6. The number of fused-ring (bicyclic) bond motifs is 1. The van der Waals surface area contributed by atoms with Gasteiger partial charge in [-0.15, -0.1) is 10.2 Å². The van der Waals surface area contributed by atoms with Crippen molar-refractivity contribution in [2.45, 2.75) is 0 Å². The molecule has 0 unspecified atom stereocenters. The Morgan fingerprint density at radius 2 is 1.71 bits per heavy atom. The molecule has 1 amide bonds. The van der Waals surface area contributed by atoms with Crippen LogP contribution in [0.25, 0.3) is 16.6 Å². The molecule has 1 N–H and O–H groups in total. The third-order valence-corrected chi connectivity index (χ3v) is 3.72. The Labute approximate surface area is 137 Å². The summed E-state index contributed by atoms with van der Waals surface area (Å²) in [7, 11) is 0. The molecule has 24 heavy (non-hydrogen) atoms. The van der Waals surface area contributed by atoms with Crippen LogP contribution in [0, 0.1) is 0 Å². The molecule has 0 fully saturated rings. The van der Waals surface area contributed by atoms with Gasteiger partial charge in [-0.1, -0.05) is 36.4 Å². The average molecular weight is 315 g/mol. The van der Waals surface area contributed by atoms with Crippen LogP contribution in [-0.2, 0) is 0 Å². The first kappa shape index (κ1) is 14.1. The fourth-order valence-electron chi connectivity index (χ4n) is 2.55. The van der Waals surface area contributed by atoms with Crippen LogP contribution >= 0.6 is 0 Å². The lowest BCUT2D eigenvalue weighted by molar-refractivity contribution is 0.102. The lowest BCUT2D eigenvalue weighted by Gasteiger charge is -2.08. The second-order valence-corrected chi connectivity index (χ2v) is 5.26. The van der Waals surface area contributed by atoms with E-state index in [1.165, 1.54) is 0 Å². The van der Waals surface area contributed by atoms with Gasteiger partial charge in [-0.05, 0) is 29.0 Å². The van der Waals surface area contributed by atoms with Crippen molar-refractivity contribution in [1.29, 1.82) is 0 Å². The molecule has 6 heteroatoms. The Balaban J connectivity index is 1.59. The molecule has 2 aromatic carbocycles. The second kappa shape index (κ2) is 5.92. The van der Waals surface area contributed by atoms with E-state index in [0.717, 1.165) is 10.8 Å². The minimum Gasteiger partial charge on any atom is -0.321 e. The topological polar surface area (TPSA) is 72.7 Å². The number of hydrogen-bond donors (Lipinski definition) is 1. The van der Waals surface area contributed by atoms with Crippen LogP contribution in [0.5, 0.6) is 0 Å². The molecular weight excluding hydrogens is 302 g/mol. The van der Waals surface area contributed by atoms with Crippen LogP contribution in [0.15, 0.2) is 73.4 Å². The van der Waals surface area contributed by atoms with Crippen molar-refractivity contribution in [3.63, 3.8) is 0 Å². The molecule has 0 spiro atoms. The fraction of sp³-hybridized carbons (Fsp3) is 0. The van der Waals surface area contributed by atoms with Gasteiger partial charge in [-0.3, -0.25) is 9.36 Å². The zero-order valence-corrected chi connectivity index (χ0v) is 12.6. The molecule has 4 rings (SSSR count). The van der Waals surface area contributed by atoms with E-state index < -0.39 is 0 Å². The molecule has 0 saturated carbocycles. The Kier molecular flexibility index (Phi) is 3.47. The number of amides is 1. The highest BCUT2D eigenvalue weighted by Crippen LogP contribution is 2.20. The van der Waals surface area contributed by atoms with Crippen LogP contribution in [0.3, 0.4) is 0 Å². The van der Waals surface area contributed by atoms with E-state index in [9.17, 15) is 4.79 Å². The van der Waals surface area contributed by atoms with Gasteiger partial charge in [0.05, 0.1) is 11.9 Å². The minimum absolute atomic E-state index is 0.161. The van der Waals surface area contributed by atoms with Gasteiger partial charge in [-0.25, -0.2) is 4.98 Å². The van der Waals surface area contributed by atoms with Crippen molar-refractivity contribution in [2.75, 3.05) is 5.32 Å². The molecule has 0 bridgehead atoms. The standard InChI is InChI=1S/C18H13N5O/c24-18(16-7-3-5-13-4-1-2-6-15(13)16)22-14-8-9-17(19-10-14)23-11-20-21-12-23/h1-12H,(H,22,24). The molecule has 0 aliphatic carbocycles. The minimum atomic E-state index is -0.161. The van der Waals surface area contributed by atoms with E-state index >= 15 is 0 Å². The van der Waals surface area contributed by atoms with Gasteiger partial charge in [0.15, 0.2) is 0 Å². The Hall–Kier alpha value is -3.54. The summed E-state index contributed by atoms with van der Waals surface area (Å²) < 4.78 is 1.69. The van der Waals surface area contributed by atoms with E-state index in [4.69, 9.17) is 0 Å². The molecule has 0 aliphatic rings. The first-order valence-corrected chi connectivity index (χ1v) is 7.41. The first-order valence-electron chi connectivity index (χ1n) is 7.41. The molecule has 4 aromatic rings. The number of rotatable bonds is 3. The normalized spacial score (nSPS) is 10.7. The number of aromatic nitrogens is 4. The highest BCUT2D eigenvalue weighted by molar-refractivity contribution is 6.12. The SMILES string of the molecule is O=C(Nc1ccc(-n2cnnc2)nc1)c1cccc2ccccc12. The van der Waals surface area contributed by atoms with E-state index in [1.807, 2.05) is 42.5 Å². The van der Waals surface area contributed by atoms with Gasteiger partial charge in [0.25, 0.3) is 5.91 Å². The van der Waals surface area contributed by atoms with E-state index in [0.29, 0.717) is 17.1 Å². The molecule has 2 aromatic heterocycles. The average Bonchev–Trinajstić information content (AvgIpc) is 3.16. The quantitative estimate of drug-likeness (QED) is 0.630. The van der Waals surface area contributed by atoms with E-state index in [1.54, 1.807) is 35.6 Å². The van der Waals surface area contributed by atoms with Crippen molar-refractivity contribution in [3.8, 4) is 5.82 Å². The number of nitrogens with zero attached hydrogens (tertiary/aromatic N) is 4. The Morgan fingerprint density at radius 1 is 0.917 bits per heavy atom. The summed E-state index contributed by atoms with van der Waals surface area (Å²) >= 11 is 0. The van der Waals surface area contributed by atoms with Crippen molar-refractivity contribution in [1.82, 2.24) is 19.7 Å². The van der Waals surface area contributed by atoms with Gasteiger partial charge in [0, 0.05) is 5.56 Å². The number of pyridine rings is 1. The molecule has 0 radical (unpaired) electrons. The van der Waals surface area contributed by atoms with Crippen LogP contribution in [0.4, 0.5) is 5.69 Å². The zero-order chi connectivity index (χ0) is 16.4. The molecular formula is C18H13N5O. The van der Waals surface area contributed by atoms with E-state index in [-0.39, 0.29) is 5.91 Å². The molecule has 6 nitrogen and oxygen atoms in total. The summed E-state index contributed by atoms with van der Waals surface area (Å²) in [5, 5.41) is 12.3. The Morgan fingerprint density at radius 3 is 2.50 bits per heavy atom. The number of hydrogen-bond acceptors (Lipinski definition) is 4. The summed E-state index contributed by atoms with van der Waals surface area (Å²) in [6.07, 6.45) is 4.74. The largest absolute Gasteiger partial charge is 0.321 e. The van der Waals surface area contributed by atoms with Crippen LogP contribution in [-0.4, -0.2) is 25.7 Å². The van der Waals surface area contributed by atoms with Crippen molar-refractivity contribution >= 4 is 22.4 Å². The van der Waals surface area contributed by atoms with E-state index in [2.05, 4.69) is 20.5 Å². The van der Waals surface area contributed by atoms with Gasteiger partial charge >= 0.3 is 0 Å². The predicted octanol–water partition coefficient (Wildman–Crippen LogP) is 3.07. The smallest absolute Gasteiger partial charge is 0.256 e. The summed E-state index contributed by atoms with van der Waals surface area (Å²) in [5.74, 6) is 0.522. The lowest BCUT2D eigenvalue weighted by Crippen LogP contribution is -2.12. The monoisotopic (exact) mass is 315 g/mol. The number of nitrogens with one attached hydrogen (secondary N) is 1. The number of benzene rings is 2. The van der Waals surface area contributed by atoms with Crippen LogP contribution in [0.2, 0.25) is 0 Å². The first-order chi connectivity index (χ1) is 11.8. The lowest BCUT2D eigenvalue weighted by atomic mass is 10.0. The summed E-state index contributed by atoms with van der Waals surface area (Å²) in [6, 6.07) is 17.1. The zero-order valence-electron chi connectivity index (χ0n) is 12.6. The van der Waals surface area contributed by atoms with Crippen LogP contribution in [0.1, 0.15) is 10.4 Å². The summed E-state index contributed by atoms with van der Waals surface area (Å²) in [6.45, 7) is 0. The van der Waals surface area contributed by atoms with Gasteiger partial charge in [0.2, 0.25) is 0 Å². The predicted molar refractivity (Wildman–Crippen MR) is 91.1 cm³/mol. The summed E-state index contributed by atoms with van der Waals surface area (Å²) in [5.41, 5.74) is 1.26. The maximum Gasteiger partial charge on any atom is 0.256 e. The third kappa shape index (κ3) is 2.61. The van der Waals surface area contributed by atoms with Gasteiger partial charge < -0.3 is 5.32 Å². The molecule has 0 aliphatic heterocycles. The number of carbonyl (C=O) groups is 1. The van der Waals surface area contributed by atoms with Crippen molar-refractivity contribution in [3.05, 3.63) is 79.0 Å². The van der Waals surface area contributed by atoms with Gasteiger partial charge in [-0.2, -0.15) is 0 Å². The third-order valence-electron chi connectivity index (χ3n) is 3.72. The summed E-state index contributed by atoms with van der Waals surface area (Å²) in [4.78, 5) is 16.9.